The molecule has 1 N–H and O–H groups in total. The average Bonchev–Trinajstić information content (AvgIpc) is 3.00. The number of nitrogens with one attached hydrogen (secondary N) is 1. The minimum atomic E-state index is 0.00910. The number of fused-ring (bicyclic) bond motifs is 4. The Morgan fingerprint density at radius 1 is 0.760 bits per heavy atom. The van der Waals surface area contributed by atoms with Gasteiger partial charge in [-0.05, 0) is 34.4 Å². The highest BCUT2D eigenvalue weighted by atomic mass is 16.6. The summed E-state index contributed by atoms with van der Waals surface area (Å²) in [6.07, 6.45) is 0.00910. The predicted molar refractivity (Wildman–Crippen MR) is 98.1 cm³/mol. The predicted octanol–water partition coefficient (Wildman–Crippen LogP) is 4.19. The summed E-state index contributed by atoms with van der Waals surface area (Å²) in [5.74, 6) is 1.66. The van der Waals surface area contributed by atoms with E-state index in [2.05, 4.69) is 53.8 Å². The molecule has 1 heterocycles. The number of ether oxygens (including phenoxy) is 2. The van der Waals surface area contributed by atoms with Crippen LogP contribution in [0.5, 0.6) is 11.5 Å². The lowest BCUT2D eigenvalue weighted by Crippen LogP contribution is -2.39. The van der Waals surface area contributed by atoms with Crippen LogP contribution in [0.3, 0.4) is 0 Å². The van der Waals surface area contributed by atoms with Crippen molar-refractivity contribution in [1.82, 2.24) is 5.32 Å². The van der Waals surface area contributed by atoms with Crippen LogP contribution >= 0.6 is 0 Å². The molecule has 0 aromatic heterocycles. The first kappa shape index (κ1) is 14.6. The van der Waals surface area contributed by atoms with Crippen molar-refractivity contribution < 1.29 is 9.47 Å². The maximum Gasteiger partial charge on any atom is 0.161 e. The first-order valence-corrected chi connectivity index (χ1v) is 8.70. The van der Waals surface area contributed by atoms with E-state index in [0.29, 0.717) is 6.61 Å². The van der Waals surface area contributed by atoms with Gasteiger partial charge >= 0.3 is 0 Å². The van der Waals surface area contributed by atoms with Gasteiger partial charge in [0.2, 0.25) is 0 Å². The smallest absolute Gasteiger partial charge is 0.161 e. The molecule has 0 amide bonds. The molecular weight excluding hydrogens is 310 g/mol. The zero-order chi connectivity index (χ0) is 16.6. The second kappa shape index (κ2) is 5.94. The Labute approximate surface area is 147 Å². The molecule has 1 aliphatic carbocycles. The zero-order valence-electron chi connectivity index (χ0n) is 13.8. The van der Waals surface area contributed by atoms with E-state index in [1.54, 1.807) is 0 Å². The SMILES string of the molecule is c1ccc2c(c1)OC[C@H](CNC1c3ccccc3-c3ccccc31)O2. The van der Waals surface area contributed by atoms with E-state index < -0.39 is 0 Å². The molecule has 0 spiro atoms. The molecular formula is C22H19NO2. The fourth-order valence-corrected chi connectivity index (χ4v) is 3.79. The Hall–Kier alpha value is -2.78. The molecule has 0 bridgehead atoms. The molecule has 0 unspecified atom stereocenters. The third-order valence-electron chi connectivity index (χ3n) is 4.95. The van der Waals surface area contributed by atoms with Crippen LogP contribution in [-0.4, -0.2) is 19.3 Å². The van der Waals surface area contributed by atoms with Crippen LogP contribution in [0.4, 0.5) is 0 Å². The van der Waals surface area contributed by atoms with Crippen LogP contribution in [0.1, 0.15) is 17.2 Å². The van der Waals surface area contributed by atoms with Gasteiger partial charge in [-0.15, -0.1) is 0 Å². The normalized spacial score (nSPS) is 17.8. The van der Waals surface area contributed by atoms with Gasteiger partial charge in [0.05, 0.1) is 6.04 Å². The van der Waals surface area contributed by atoms with E-state index in [9.17, 15) is 0 Å². The van der Waals surface area contributed by atoms with Gasteiger partial charge in [-0.3, -0.25) is 0 Å². The molecule has 0 saturated heterocycles. The lowest BCUT2D eigenvalue weighted by molar-refractivity contribution is 0.0891. The minimum absolute atomic E-state index is 0.00910. The summed E-state index contributed by atoms with van der Waals surface area (Å²) in [7, 11) is 0. The van der Waals surface area contributed by atoms with Crippen LogP contribution < -0.4 is 14.8 Å². The van der Waals surface area contributed by atoms with Gasteiger partial charge in [-0.2, -0.15) is 0 Å². The molecule has 2 aliphatic rings. The summed E-state index contributed by atoms with van der Waals surface area (Å²) >= 11 is 0. The molecule has 0 radical (unpaired) electrons. The standard InChI is InChI=1S/C22H19NO2/c1-3-9-18-16(7-1)17-8-2-4-10-19(17)22(18)23-13-15-14-24-20-11-5-6-12-21(20)25-15/h1-12,15,22-23H,13-14H2/t15-/m0/s1. The number of rotatable bonds is 3. The molecule has 3 nitrogen and oxygen atoms in total. The number of hydrogen-bond acceptors (Lipinski definition) is 3. The molecule has 1 aliphatic heterocycles. The number of benzene rings is 3. The van der Waals surface area contributed by atoms with Gasteiger partial charge < -0.3 is 14.8 Å². The Kier molecular flexibility index (Phi) is 3.46. The van der Waals surface area contributed by atoms with E-state index in [1.165, 1.54) is 22.3 Å². The number of hydrogen-bond donors (Lipinski definition) is 1. The summed E-state index contributed by atoms with van der Waals surface area (Å²) in [4.78, 5) is 0. The molecule has 3 aromatic carbocycles. The van der Waals surface area contributed by atoms with Gasteiger partial charge in [0.25, 0.3) is 0 Å². The third kappa shape index (κ3) is 2.48. The van der Waals surface area contributed by atoms with E-state index in [1.807, 2.05) is 24.3 Å². The fraction of sp³-hybridized carbons (Fsp3) is 0.182. The first-order chi connectivity index (χ1) is 12.4. The van der Waals surface area contributed by atoms with Crippen molar-refractivity contribution in [2.75, 3.05) is 13.2 Å². The van der Waals surface area contributed by atoms with Crippen molar-refractivity contribution in [2.45, 2.75) is 12.1 Å². The zero-order valence-corrected chi connectivity index (χ0v) is 13.8. The third-order valence-corrected chi connectivity index (χ3v) is 4.95. The van der Waals surface area contributed by atoms with Crippen molar-refractivity contribution >= 4 is 0 Å². The highest BCUT2D eigenvalue weighted by Crippen LogP contribution is 2.43. The van der Waals surface area contributed by atoms with Gasteiger partial charge in [0.1, 0.15) is 12.7 Å². The molecule has 5 rings (SSSR count). The van der Waals surface area contributed by atoms with Crippen molar-refractivity contribution in [3.8, 4) is 22.6 Å². The maximum absolute atomic E-state index is 6.08. The van der Waals surface area contributed by atoms with Crippen molar-refractivity contribution in [2.24, 2.45) is 0 Å². The van der Waals surface area contributed by atoms with Crippen molar-refractivity contribution in [3.63, 3.8) is 0 Å². The summed E-state index contributed by atoms with van der Waals surface area (Å²) in [5, 5.41) is 3.69. The van der Waals surface area contributed by atoms with Gasteiger partial charge in [-0.1, -0.05) is 60.7 Å². The van der Waals surface area contributed by atoms with Crippen LogP contribution in [0, 0.1) is 0 Å². The highest BCUT2D eigenvalue weighted by molar-refractivity contribution is 5.78. The largest absolute Gasteiger partial charge is 0.486 e. The lowest BCUT2D eigenvalue weighted by Gasteiger charge is -2.28. The summed E-state index contributed by atoms with van der Waals surface area (Å²) in [5.41, 5.74) is 5.31. The first-order valence-electron chi connectivity index (χ1n) is 8.70. The monoisotopic (exact) mass is 329 g/mol. The summed E-state index contributed by atoms with van der Waals surface area (Å²) in [6, 6.07) is 25.3. The molecule has 25 heavy (non-hydrogen) atoms. The Morgan fingerprint density at radius 3 is 2.08 bits per heavy atom. The summed E-state index contributed by atoms with van der Waals surface area (Å²) < 4.78 is 11.9. The molecule has 3 aromatic rings. The average molecular weight is 329 g/mol. The molecule has 1 atom stereocenters. The van der Waals surface area contributed by atoms with E-state index >= 15 is 0 Å². The van der Waals surface area contributed by atoms with Crippen LogP contribution in [0.2, 0.25) is 0 Å². The van der Waals surface area contributed by atoms with E-state index in [-0.39, 0.29) is 12.1 Å². The van der Waals surface area contributed by atoms with Crippen LogP contribution in [0.15, 0.2) is 72.8 Å². The van der Waals surface area contributed by atoms with Crippen molar-refractivity contribution in [3.05, 3.63) is 83.9 Å². The Balaban J connectivity index is 1.37. The minimum Gasteiger partial charge on any atom is -0.486 e. The molecule has 0 saturated carbocycles. The van der Waals surface area contributed by atoms with E-state index in [4.69, 9.17) is 9.47 Å². The second-order valence-electron chi connectivity index (χ2n) is 6.51. The maximum atomic E-state index is 6.08. The van der Waals surface area contributed by atoms with Crippen LogP contribution in [0.25, 0.3) is 11.1 Å². The molecule has 124 valence electrons. The topological polar surface area (TPSA) is 30.5 Å². The summed E-state index contributed by atoms with van der Waals surface area (Å²) in [6.45, 7) is 1.31. The van der Waals surface area contributed by atoms with Crippen LogP contribution in [-0.2, 0) is 0 Å². The van der Waals surface area contributed by atoms with Gasteiger partial charge in [0, 0.05) is 6.54 Å². The Bertz CT molecular complexity index is 876. The highest BCUT2D eigenvalue weighted by Gasteiger charge is 2.29. The lowest BCUT2D eigenvalue weighted by atomic mass is 10.1. The molecule has 3 heteroatoms. The van der Waals surface area contributed by atoms with Gasteiger partial charge in [0.15, 0.2) is 11.5 Å². The fourth-order valence-electron chi connectivity index (χ4n) is 3.79. The molecule has 0 fully saturated rings. The van der Waals surface area contributed by atoms with Crippen molar-refractivity contribution in [1.29, 1.82) is 0 Å². The quantitative estimate of drug-likeness (QED) is 0.782. The van der Waals surface area contributed by atoms with Gasteiger partial charge in [-0.25, -0.2) is 0 Å². The number of para-hydroxylation sites is 2. The Morgan fingerprint density at radius 2 is 1.36 bits per heavy atom. The second-order valence-corrected chi connectivity index (χ2v) is 6.51. The van der Waals surface area contributed by atoms with E-state index in [0.717, 1.165) is 18.0 Å².